The zero-order valence-corrected chi connectivity index (χ0v) is 16.1. The Bertz CT molecular complexity index is 785. The van der Waals surface area contributed by atoms with Crippen molar-refractivity contribution in [2.24, 2.45) is 17.2 Å². The molecule has 0 fully saturated rings. The molecule has 9 heteroatoms. The number of carbonyl (C=O) groups is 1. The molecule has 29 heavy (non-hydrogen) atoms. The molecular formula is C20H29N3O6. The van der Waals surface area contributed by atoms with Crippen LogP contribution in [0.2, 0.25) is 0 Å². The number of phenols is 3. The molecule has 0 saturated carbocycles. The highest BCUT2D eigenvalue weighted by Crippen LogP contribution is 2.29. The van der Waals surface area contributed by atoms with E-state index < -0.39 is 12.1 Å². The molecule has 0 bridgehead atoms. The van der Waals surface area contributed by atoms with Gasteiger partial charge >= 0.3 is 5.97 Å². The number of esters is 1. The zero-order valence-electron chi connectivity index (χ0n) is 16.1. The lowest BCUT2D eigenvalue weighted by Crippen LogP contribution is -2.13. The SMILES string of the molecule is NCCCC(=O)Oc1cc(C(O)CN)ccc1O.NCCc1ccc(O)c(O)c1. The van der Waals surface area contributed by atoms with Gasteiger partial charge in [-0.05, 0) is 61.3 Å². The number of hydrogen-bond donors (Lipinski definition) is 7. The highest BCUT2D eigenvalue weighted by atomic mass is 16.5. The van der Waals surface area contributed by atoms with Crippen molar-refractivity contribution in [2.45, 2.75) is 25.4 Å². The maximum atomic E-state index is 11.4. The summed E-state index contributed by atoms with van der Waals surface area (Å²) in [6.07, 6.45) is 0.560. The highest BCUT2D eigenvalue weighted by Gasteiger charge is 2.12. The predicted octanol–water partition coefficient (Wildman–Crippen LogP) is 0.628. The summed E-state index contributed by atoms with van der Waals surface area (Å²) in [6.45, 7) is 0.989. The fourth-order valence-electron chi connectivity index (χ4n) is 2.27. The van der Waals surface area contributed by atoms with Crippen LogP contribution in [-0.2, 0) is 11.2 Å². The smallest absolute Gasteiger partial charge is 0.311 e. The maximum absolute atomic E-state index is 11.4. The van der Waals surface area contributed by atoms with E-state index in [0.717, 1.165) is 5.56 Å². The molecule has 0 saturated heterocycles. The van der Waals surface area contributed by atoms with Gasteiger partial charge in [0.15, 0.2) is 23.0 Å². The molecule has 0 aliphatic heterocycles. The van der Waals surface area contributed by atoms with E-state index in [1.54, 1.807) is 6.07 Å². The minimum atomic E-state index is -0.855. The molecular weight excluding hydrogens is 378 g/mol. The molecule has 0 aliphatic rings. The van der Waals surface area contributed by atoms with Gasteiger partial charge in [-0.2, -0.15) is 0 Å². The Kier molecular flexibility index (Phi) is 10.5. The Hall–Kier alpha value is -2.85. The minimum Gasteiger partial charge on any atom is -0.504 e. The van der Waals surface area contributed by atoms with Crippen LogP contribution >= 0.6 is 0 Å². The Labute approximate surface area is 169 Å². The summed E-state index contributed by atoms with van der Waals surface area (Å²) >= 11 is 0. The van der Waals surface area contributed by atoms with Crippen molar-refractivity contribution in [2.75, 3.05) is 19.6 Å². The first-order chi connectivity index (χ1) is 13.8. The first kappa shape index (κ1) is 24.2. The molecule has 0 spiro atoms. The average molecular weight is 407 g/mol. The molecule has 2 aromatic carbocycles. The van der Waals surface area contributed by atoms with Gasteiger partial charge < -0.3 is 42.4 Å². The van der Waals surface area contributed by atoms with Crippen molar-refractivity contribution in [1.82, 2.24) is 0 Å². The number of ether oxygens (including phenoxy) is 1. The summed E-state index contributed by atoms with van der Waals surface area (Å²) in [4.78, 5) is 11.4. The van der Waals surface area contributed by atoms with E-state index in [9.17, 15) is 15.0 Å². The van der Waals surface area contributed by atoms with E-state index in [0.29, 0.717) is 31.5 Å². The van der Waals surface area contributed by atoms with Crippen LogP contribution in [0.3, 0.4) is 0 Å². The molecule has 1 unspecified atom stereocenters. The van der Waals surface area contributed by atoms with Gasteiger partial charge in [-0.15, -0.1) is 0 Å². The van der Waals surface area contributed by atoms with Gasteiger partial charge in [-0.1, -0.05) is 12.1 Å². The van der Waals surface area contributed by atoms with Crippen LogP contribution in [0.25, 0.3) is 0 Å². The number of phenolic OH excluding ortho intramolecular Hbond substituents is 3. The molecule has 2 aromatic rings. The molecule has 2 rings (SSSR count). The third-order valence-corrected chi connectivity index (χ3v) is 3.87. The zero-order chi connectivity index (χ0) is 21.8. The van der Waals surface area contributed by atoms with E-state index in [1.165, 1.54) is 30.3 Å². The first-order valence-electron chi connectivity index (χ1n) is 9.15. The first-order valence-corrected chi connectivity index (χ1v) is 9.15. The van der Waals surface area contributed by atoms with Crippen LogP contribution in [0.5, 0.6) is 23.0 Å². The van der Waals surface area contributed by atoms with Crippen LogP contribution in [-0.4, -0.2) is 46.0 Å². The normalized spacial score (nSPS) is 11.3. The lowest BCUT2D eigenvalue weighted by molar-refractivity contribution is -0.134. The molecule has 1 atom stereocenters. The van der Waals surface area contributed by atoms with Crippen molar-refractivity contribution in [3.63, 3.8) is 0 Å². The fraction of sp³-hybridized carbons (Fsp3) is 0.350. The van der Waals surface area contributed by atoms with Crippen molar-refractivity contribution >= 4 is 5.97 Å². The van der Waals surface area contributed by atoms with Gasteiger partial charge in [0, 0.05) is 13.0 Å². The van der Waals surface area contributed by atoms with Gasteiger partial charge in [-0.25, -0.2) is 0 Å². The van der Waals surface area contributed by atoms with Crippen LogP contribution < -0.4 is 21.9 Å². The Morgan fingerprint density at radius 2 is 1.62 bits per heavy atom. The molecule has 160 valence electrons. The monoisotopic (exact) mass is 407 g/mol. The van der Waals surface area contributed by atoms with Crippen molar-refractivity contribution in [3.05, 3.63) is 47.5 Å². The van der Waals surface area contributed by atoms with Crippen molar-refractivity contribution in [1.29, 1.82) is 0 Å². The maximum Gasteiger partial charge on any atom is 0.311 e. The minimum absolute atomic E-state index is 0.0158. The third-order valence-electron chi connectivity index (χ3n) is 3.87. The number of aromatic hydroxyl groups is 3. The van der Waals surface area contributed by atoms with E-state index in [1.807, 2.05) is 0 Å². The van der Waals surface area contributed by atoms with Gasteiger partial charge in [0.2, 0.25) is 0 Å². The quantitative estimate of drug-likeness (QED) is 0.187. The number of aliphatic hydroxyl groups excluding tert-OH is 1. The van der Waals surface area contributed by atoms with Crippen molar-refractivity contribution in [3.8, 4) is 23.0 Å². The average Bonchev–Trinajstić information content (AvgIpc) is 2.71. The standard InChI is InChI=1S/C12H18N2O4.C8H11NO2/c13-5-1-2-12(17)18-11-6-8(10(16)7-14)3-4-9(11)15;9-4-3-6-1-2-7(10)8(11)5-6/h3-4,6,10,15-16H,1-2,5,7,13-14H2;1-2,5,10-11H,3-4,9H2. The summed E-state index contributed by atoms with van der Waals surface area (Å²) in [5.41, 5.74) is 17.3. The molecule has 0 amide bonds. The Morgan fingerprint density at radius 1 is 0.931 bits per heavy atom. The largest absolute Gasteiger partial charge is 0.504 e. The number of aliphatic hydroxyl groups is 1. The van der Waals surface area contributed by atoms with Crippen LogP contribution in [0, 0.1) is 0 Å². The number of carbonyl (C=O) groups excluding carboxylic acids is 1. The van der Waals surface area contributed by atoms with E-state index in [-0.39, 0.29) is 36.0 Å². The Balaban J connectivity index is 0.000000326. The summed E-state index contributed by atoms with van der Waals surface area (Å²) < 4.78 is 4.99. The molecule has 0 aromatic heterocycles. The number of rotatable bonds is 8. The second-order valence-corrected chi connectivity index (χ2v) is 6.21. The number of nitrogens with two attached hydrogens (primary N) is 3. The van der Waals surface area contributed by atoms with Crippen LogP contribution in [0.4, 0.5) is 0 Å². The van der Waals surface area contributed by atoms with E-state index in [4.69, 9.17) is 32.2 Å². The summed E-state index contributed by atoms with van der Waals surface area (Å²) in [5.74, 6) is -0.803. The molecule has 9 nitrogen and oxygen atoms in total. The topological polar surface area (TPSA) is 185 Å². The number of hydrogen-bond acceptors (Lipinski definition) is 9. The second kappa shape index (κ2) is 12.6. The lowest BCUT2D eigenvalue weighted by atomic mass is 10.1. The molecule has 10 N–H and O–H groups in total. The summed E-state index contributed by atoms with van der Waals surface area (Å²) in [7, 11) is 0. The summed E-state index contributed by atoms with van der Waals surface area (Å²) in [6, 6.07) is 8.97. The summed E-state index contributed by atoms with van der Waals surface area (Å²) in [5, 5.41) is 37.1. The van der Waals surface area contributed by atoms with Gasteiger partial charge in [0.1, 0.15) is 0 Å². The van der Waals surface area contributed by atoms with Crippen LogP contribution in [0.15, 0.2) is 36.4 Å². The molecule has 0 aliphatic carbocycles. The second-order valence-electron chi connectivity index (χ2n) is 6.21. The lowest BCUT2D eigenvalue weighted by Gasteiger charge is -2.11. The van der Waals surface area contributed by atoms with Gasteiger partial charge in [0.05, 0.1) is 6.10 Å². The molecule has 0 heterocycles. The van der Waals surface area contributed by atoms with E-state index in [2.05, 4.69) is 0 Å². The van der Waals surface area contributed by atoms with Crippen LogP contribution in [0.1, 0.15) is 30.1 Å². The van der Waals surface area contributed by atoms with Gasteiger partial charge in [0.25, 0.3) is 0 Å². The van der Waals surface area contributed by atoms with Gasteiger partial charge in [-0.3, -0.25) is 4.79 Å². The third kappa shape index (κ3) is 8.36. The predicted molar refractivity (Wildman–Crippen MR) is 109 cm³/mol. The fourth-order valence-corrected chi connectivity index (χ4v) is 2.27. The highest BCUT2D eigenvalue weighted by molar-refractivity contribution is 5.73. The number of benzene rings is 2. The van der Waals surface area contributed by atoms with E-state index >= 15 is 0 Å². The molecule has 0 radical (unpaired) electrons. The Morgan fingerprint density at radius 3 is 2.21 bits per heavy atom. The van der Waals surface area contributed by atoms with Crippen molar-refractivity contribution < 1.29 is 30.0 Å².